The number of benzene rings is 1. The highest BCUT2D eigenvalue weighted by molar-refractivity contribution is 6.03. The highest BCUT2D eigenvalue weighted by Gasteiger charge is 2.12. The van der Waals surface area contributed by atoms with E-state index in [9.17, 15) is 9.90 Å². The number of aromatic nitrogens is 1. The van der Waals surface area contributed by atoms with E-state index < -0.39 is 0 Å². The Kier molecular flexibility index (Phi) is 3.60. The molecule has 19 heavy (non-hydrogen) atoms. The quantitative estimate of drug-likeness (QED) is 0.831. The Morgan fingerprint density at radius 1 is 1.32 bits per heavy atom. The monoisotopic (exact) mass is 258 g/mol. The lowest BCUT2D eigenvalue weighted by Crippen LogP contribution is -2.17. The molecule has 0 aliphatic heterocycles. The fourth-order valence-electron chi connectivity index (χ4n) is 2.02. The number of amides is 1. The van der Waals surface area contributed by atoms with Gasteiger partial charge >= 0.3 is 0 Å². The lowest BCUT2D eigenvalue weighted by Gasteiger charge is -2.11. The van der Waals surface area contributed by atoms with Crippen LogP contribution in [0.1, 0.15) is 28.5 Å². The van der Waals surface area contributed by atoms with Gasteiger partial charge in [-0.2, -0.15) is 0 Å². The molecule has 0 fully saturated rings. The van der Waals surface area contributed by atoms with E-state index in [2.05, 4.69) is 5.32 Å². The second-order valence-corrected chi connectivity index (χ2v) is 4.59. The largest absolute Gasteiger partial charge is 0.508 e. The van der Waals surface area contributed by atoms with Gasteiger partial charge in [-0.3, -0.25) is 4.79 Å². The van der Waals surface area contributed by atoms with Crippen molar-refractivity contribution in [1.29, 1.82) is 0 Å². The molecule has 4 nitrogen and oxygen atoms in total. The van der Waals surface area contributed by atoms with Gasteiger partial charge in [0, 0.05) is 18.4 Å². The first-order chi connectivity index (χ1) is 9.02. The van der Waals surface area contributed by atoms with Crippen LogP contribution in [0.4, 0.5) is 5.69 Å². The van der Waals surface area contributed by atoms with Crippen LogP contribution in [0.25, 0.3) is 0 Å². The van der Waals surface area contributed by atoms with Gasteiger partial charge in [0.1, 0.15) is 11.4 Å². The molecule has 2 N–H and O–H groups in total. The Balaban J connectivity index is 2.27. The van der Waals surface area contributed by atoms with Gasteiger partial charge in [-0.25, -0.2) is 0 Å². The summed E-state index contributed by atoms with van der Waals surface area (Å²) in [6.07, 6.45) is 1.88. The number of phenolic OH excluding ortho intramolecular Hbond substituents is 1. The summed E-state index contributed by atoms with van der Waals surface area (Å²) in [7, 11) is 0. The molecular weight excluding hydrogens is 240 g/mol. The first-order valence-corrected chi connectivity index (χ1v) is 6.29. The number of nitrogens with one attached hydrogen (secondary N) is 1. The van der Waals surface area contributed by atoms with Crippen molar-refractivity contribution in [3.8, 4) is 5.75 Å². The topological polar surface area (TPSA) is 54.3 Å². The molecule has 4 heteroatoms. The number of anilines is 1. The molecule has 0 spiro atoms. The van der Waals surface area contributed by atoms with Gasteiger partial charge in [-0.05, 0) is 56.2 Å². The molecule has 1 aromatic heterocycles. The average molecular weight is 258 g/mol. The molecule has 1 heterocycles. The van der Waals surface area contributed by atoms with Crippen LogP contribution in [0.5, 0.6) is 5.75 Å². The Morgan fingerprint density at radius 2 is 2.05 bits per heavy atom. The molecule has 1 aromatic carbocycles. The minimum absolute atomic E-state index is 0.139. The van der Waals surface area contributed by atoms with Gasteiger partial charge in [0.25, 0.3) is 5.91 Å². The van der Waals surface area contributed by atoms with Crippen molar-refractivity contribution in [1.82, 2.24) is 4.57 Å². The predicted molar refractivity (Wildman–Crippen MR) is 75.6 cm³/mol. The Bertz CT molecular complexity index is 615. The molecule has 0 radical (unpaired) electrons. The highest BCUT2D eigenvalue weighted by Crippen LogP contribution is 2.25. The molecule has 1 amide bonds. The fourth-order valence-corrected chi connectivity index (χ4v) is 2.02. The molecule has 0 atom stereocenters. The van der Waals surface area contributed by atoms with Gasteiger partial charge in [-0.1, -0.05) is 0 Å². The summed E-state index contributed by atoms with van der Waals surface area (Å²) in [4.78, 5) is 12.2. The number of rotatable bonds is 3. The van der Waals surface area contributed by atoms with Crippen molar-refractivity contribution >= 4 is 11.6 Å². The Hall–Kier alpha value is -2.23. The summed E-state index contributed by atoms with van der Waals surface area (Å²) < 4.78 is 1.89. The smallest absolute Gasteiger partial charge is 0.272 e. The summed E-state index contributed by atoms with van der Waals surface area (Å²) in [5.74, 6) is 0.104. The summed E-state index contributed by atoms with van der Waals surface area (Å²) >= 11 is 0. The fraction of sp³-hybridized carbons (Fsp3) is 0.267. The molecule has 0 unspecified atom stereocenters. The molecule has 0 aliphatic rings. The van der Waals surface area contributed by atoms with Crippen molar-refractivity contribution in [2.24, 2.45) is 0 Å². The molecule has 100 valence electrons. The first kappa shape index (κ1) is 13.2. The number of hydrogen-bond acceptors (Lipinski definition) is 2. The third-order valence-corrected chi connectivity index (χ3v) is 3.19. The second-order valence-electron chi connectivity index (χ2n) is 4.59. The number of carbonyl (C=O) groups is 1. The van der Waals surface area contributed by atoms with Crippen molar-refractivity contribution in [3.05, 3.63) is 47.3 Å². The van der Waals surface area contributed by atoms with Gasteiger partial charge in [-0.15, -0.1) is 0 Å². The Labute approximate surface area is 112 Å². The maximum absolute atomic E-state index is 12.2. The summed E-state index contributed by atoms with van der Waals surface area (Å²) in [5, 5.41) is 12.5. The summed E-state index contributed by atoms with van der Waals surface area (Å²) in [5.41, 5.74) is 2.94. The van der Waals surface area contributed by atoms with E-state index in [0.717, 1.165) is 23.4 Å². The third kappa shape index (κ3) is 2.62. The zero-order valence-corrected chi connectivity index (χ0v) is 11.4. The molecule has 2 rings (SSSR count). The second kappa shape index (κ2) is 5.18. The molecule has 0 aliphatic carbocycles. The van der Waals surface area contributed by atoms with E-state index in [0.29, 0.717) is 5.69 Å². The number of carbonyl (C=O) groups excluding carboxylic acids is 1. The van der Waals surface area contributed by atoms with Gasteiger partial charge in [0.05, 0.1) is 0 Å². The lowest BCUT2D eigenvalue weighted by atomic mass is 10.1. The highest BCUT2D eigenvalue weighted by atomic mass is 16.3. The van der Waals surface area contributed by atoms with Crippen LogP contribution in [0, 0.1) is 13.8 Å². The molecule has 0 bridgehead atoms. The predicted octanol–water partition coefficient (Wildman–Crippen LogP) is 3.08. The number of phenols is 1. The number of aryl methyl sites for hydroxylation is 3. The maximum Gasteiger partial charge on any atom is 0.272 e. The first-order valence-electron chi connectivity index (χ1n) is 6.29. The van der Waals surface area contributed by atoms with Crippen molar-refractivity contribution in [2.45, 2.75) is 27.3 Å². The van der Waals surface area contributed by atoms with Crippen LogP contribution >= 0.6 is 0 Å². The van der Waals surface area contributed by atoms with Crippen LogP contribution in [0.3, 0.4) is 0 Å². The third-order valence-electron chi connectivity index (χ3n) is 3.19. The van der Waals surface area contributed by atoms with Crippen LogP contribution in [0.15, 0.2) is 30.5 Å². The van der Waals surface area contributed by atoms with Crippen molar-refractivity contribution in [2.75, 3.05) is 5.32 Å². The molecule has 2 aromatic rings. The van der Waals surface area contributed by atoms with E-state index in [1.165, 1.54) is 0 Å². The normalized spacial score (nSPS) is 10.5. The zero-order valence-electron chi connectivity index (χ0n) is 11.4. The summed E-state index contributed by atoms with van der Waals surface area (Å²) in [6, 6.07) is 7.08. The standard InChI is InChI=1S/C15H18N2O2/c1-4-17-7-5-6-13(17)15(19)16-12-8-11(3)14(18)9-10(12)2/h5-9,18H,4H2,1-3H3,(H,16,19). The average Bonchev–Trinajstić information content (AvgIpc) is 2.84. The van der Waals surface area contributed by atoms with E-state index >= 15 is 0 Å². The molecule has 0 saturated carbocycles. The minimum Gasteiger partial charge on any atom is -0.508 e. The Morgan fingerprint density at radius 3 is 2.74 bits per heavy atom. The van der Waals surface area contributed by atoms with Gasteiger partial charge < -0.3 is 15.0 Å². The minimum atomic E-state index is -0.139. The molecule has 0 saturated heterocycles. The van der Waals surface area contributed by atoms with E-state index in [-0.39, 0.29) is 11.7 Å². The number of aromatic hydroxyl groups is 1. The molecular formula is C15H18N2O2. The van der Waals surface area contributed by atoms with Crippen LogP contribution in [-0.4, -0.2) is 15.6 Å². The van der Waals surface area contributed by atoms with Crippen LogP contribution in [0.2, 0.25) is 0 Å². The van der Waals surface area contributed by atoms with Crippen LogP contribution in [-0.2, 0) is 6.54 Å². The van der Waals surface area contributed by atoms with E-state index in [4.69, 9.17) is 0 Å². The van der Waals surface area contributed by atoms with Gasteiger partial charge in [0.2, 0.25) is 0 Å². The van der Waals surface area contributed by atoms with E-state index in [1.54, 1.807) is 25.1 Å². The summed E-state index contributed by atoms with van der Waals surface area (Å²) in [6.45, 7) is 6.41. The zero-order chi connectivity index (χ0) is 14.0. The number of nitrogens with zero attached hydrogens (tertiary/aromatic N) is 1. The maximum atomic E-state index is 12.2. The SMILES string of the molecule is CCn1cccc1C(=O)Nc1cc(C)c(O)cc1C. The van der Waals surface area contributed by atoms with Gasteiger partial charge in [0.15, 0.2) is 0 Å². The lowest BCUT2D eigenvalue weighted by molar-refractivity contribution is 0.101. The van der Waals surface area contributed by atoms with Crippen molar-refractivity contribution < 1.29 is 9.90 Å². The van der Waals surface area contributed by atoms with Crippen LogP contribution < -0.4 is 5.32 Å². The van der Waals surface area contributed by atoms with Crippen molar-refractivity contribution in [3.63, 3.8) is 0 Å². The number of hydrogen-bond donors (Lipinski definition) is 2. The van der Waals surface area contributed by atoms with E-state index in [1.807, 2.05) is 30.7 Å².